The Bertz CT molecular complexity index is 129. The van der Waals surface area contributed by atoms with E-state index in [1.165, 1.54) is 0 Å². The summed E-state index contributed by atoms with van der Waals surface area (Å²) in [6.45, 7) is 3.92. The van der Waals surface area contributed by atoms with E-state index in [1.54, 1.807) is 0 Å². The summed E-state index contributed by atoms with van der Waals surface area (Å²) in [5.74, 6) is 0.270. The molecule has 3 N–H and O–H groups in total. The Morgan fingerprint density at radius 1 is 1.67 bits per heavy atom. The molecule has 0 aromatic carbocycles. The van der Waals surface area contributed by atoms with Gasteiger partial charge in [0.25, 0.3) is 0 Å². The molecular weight excluding hydrogens is 132 g/mol. The summed E-state index contributed by atoms with van der Waals surface area (Å²) in [7, 11) is 0. The van der Waals surface area contributed by atoms with Gasteiger partial charge in [-0.15, -0.1) is 0 Å². The van der Waals surface area contributed by atoms with Crippen LogP contribution in [0, 0.1) is 11.3 Å². The number of hydrogen-bond acceptors (Lipinski definition) is 2. The predicted molar refractivity (Wildman–Crippen MR) is 44.0 cm³/mol. The van der Waals surface area contributed by atoms with Gasteiger partial charge in [-0.2, -0.15) is 0 Å². The molecule has 52 valence electrons. The second kappa shape index (κ2) is 3.56. The van der Waals surface area contributed by atoms with E-state index in [9.17, 15) is 0 Å². The lowest BCUT2D eigenvalue weighted by molar-refractivity contribution is 0.863. The molecule has 0 aliphatic rings. The molecule has 2 nitrogen and oxygen atoms in total. The fraction of sp³-hybridized carbons (Fsp3) is 0.667. The van der Waals surface area contributed by atoms with Crippen molar-refractivity contribution >= 4 is 22.9 Å². The van der Waals surface area contributed by atoms with Crippen LogP contribution in [-0.2, 0) is 0 Å². The Kier molecular flexibility index (Phi) is 3.39. The maximum absolute atomic E-state index is 7.31. The zero-order valence-corrected chi connectivity index (χ0v) is 6.59. The van der Waals surface area contributed by atoms with Gasteiger partial charge in [0.1, 0.15) is 0 Å². The molecule has 0 saturated carbocycles. The molecule has 0 fully saturated rings. The van der Waals surface area contributed by atoms with E-state index in [4.69, 9.17) is 11.1 Å². The quantitative estimate of drug-likeness (QED) is 0.464. The van der Waals surface area contributed by atoms with E-state index in [0.29, 0.717) is 17.1 Å². The van der Waals surface area contributed by atoms with Gasteiger partial charge in [0.2, 0.25) is 0 Å². The van der Waals surface area contributed by atoms with Crippen LogP contribution >= 0.6 is 12.2 Å². The van der Waals surface area contributed by atoms with Crippen molar-refractivity contribution < 1.29 is 0 Å². The third-order valence-corrected chi connectivity index (χ3v) is 1.21. The minimum Gasteiger partial charge on any atom is -0.393 e. The smallest absolute Gasteiger partial charge is 0.0784 e. The summed E-state index contributed by atoms with van der Waals surface area (Å²) in [5.41, 5.74) is 5.84. The highest BCUT2D eigenvalue weighted by Crippen LogP contribution is 1.98. The van der Waals surface area contributed by atoms with Crippen LogP contribution < -0.4 is 5.73 Å². The zero-order chi connectivity index (χ0) is 7.44. The summed E-state index contributed by atoms with van der Waals surface area (Å²) in [6, 6.07) is 0. The summed E-state index contributed by atoms with van der Waals surface area (Å²) < 4.78 is 0. The molecule has 0 aromatic rings. The second-order valence-corrected chi connectivity index (χ2v) is 2.85. The highest BCUT2D eigenvalue weighted by molar-refractivity contribution is 7.80. The molecule has 0 aliphatic carbocycles. The average Bonchev–Trinajstić information content (AvgIpc) is 1.63. The number of nitrogens with one attached hydrogen (secondary N) is 1. The Balaban J connectivity index is 3.64. The van der Waals surface area contributed by atoms with Gasteiger partial charge in [-0.3, -0.25) is 0 Å². The molecule has 0 spiro atoms. The maximum atomic E-state index is 7.31. The van der Waals surface area contributed by atoms with E-state index >= 15 is 0 Å². The van der Waals surface area contributed by atoms with Gasteiger partial charge in [-0.25, -0.2) is 0 Å². The second-order valence-electron chi connectivity index (χ2n) is 2.32. The largest absolute Gasteiger partial charge is 0.393 e. The fourth-order valence-electron chi connectivity index (χ4n) is 0.392. The van der Waals surface area contributed by atoms with E-state index in [1.807, 2.05) is 13.8 Å². The van der Waals surface area contributed by atoms with Crippen molar-refractivity contribution in [3.63, 3.8) is 0 Å². The van der Waals surface area contributed by atoms with Crippen molar-refractivity contribution in [2.75, 3.05) is 0 Å². The molecular formula is C6H12N2S. The summed E-state index contributed by atoms with van der Waals surface area (Å²) >= 11 is 4.63. The number of thiocarbonyl (C=S) groups is 1. The molecule has 0 aromatic heterocycles. The van der Waals surface area contributed by atoms with Crippen LogP contribution in [0.3, 0.4) is 0 Å². The van der Waals surface area contributed by atoms with Crippen LogP contribution in [0.4, 0.5) is 0 Å². The van der Waals surface area contributed by atoms with Crippen molar-refractivity contribution in [2.45, 2.75) is 20.3 Å². The van der Waals surface area contributed by atoms with Crippen molar-refractivity contribution in [1.82, 2.24) is 0 Å². The molecule has 9 heavy (non-hydrogen) atoms. The third-order valence-electron chi connectivity index (χ3n) is 1.06. The fourth-order valence-corrected chi connectivity index (χ4v) is 0.547. The predicted octanol–water partition coefficient (Wildman–Crippen LogP) is 1.34. The van der Waals surface area contributed by atoms with Gasteiger partial charge < -0.3 is 11.1 Å². The van der Waals surface area contributed by atoms with Gasteiger partial charge in [-0.05, 0) is 5.92 Å². The SMILES string of the molecule is CC(C)C(=N)CC(N)=S. The first-order valence-corrected chi connectivity index (χ1v) is 3.30. The molecule has 0 atom stereocenters. The lowest BCUT2D eigenvalue weighted by Gasteiger charge is -2.04. The Labute approximate surface area is 60.9 Å². The van der Waals surface area contributed by atoms with Crippen molar-refractivity contribution in [3.05, 3.63) is 0 Å². The number of nitrogens with two attached hydrogens (primary N) is 1. The van der Waals surface area contributed by atoms with Crippen molar-refractivity contribution in [2.24, 2.45) is 11.7 Å². The van der Waals surface area contributed by atoms with Crippen molar-refractivity contribution in [1.29, 1.82) is 5.41 Å². The summed E-state index contributed by atoms with van der Waals surface area (Å²) in [6.07, 6.45) is 0.465. The first kappa shape index (κ1) is 8.56. The molecule has 0 amide bonds. The van der Waals surface area contributed by atoms with Crippen LogP contribution in [0.5, 0.6) is 0 Å². The summed E-state index contributed by atoms with van der Waals surface area (Å²) in [5, 5.41) is 7.31. The lowest BCUT2D eigenvalue weighted by Crippen LogP contribution is -2.16. The van der Waals surface area contributed by atoms with E-state index < -0.39 is 0 Å². The standard InChI is InChI=1S/C6H12N2S/c1-4(2)5(7)3-6(8)9/h4,7H,3H2,1-2H3,(H2,8,9). The first-order chi connectivity index (χ1) is 4.04. The van der Waals surface area contributed by atoms with Gasteiger partial charge >= 0.3 is 0 Å². The molecule has 0 rings (SSSR count). The molecule has 0 bridgehead atoms. The van der Waals surface area contributed by atoms with Gasteiger partial charge in [0, 0.05) is 12.1 Å². The lowest BCUT2D eigenvalue weighted by atomic mass is 10.1. The summed E-state index contributed by atoms with van der Waals surface area (Å²) in [4.78, 5) is 0.411. The van der Waals surface area contributed by atoms with E-state index in [-0.39, 0.29) is 5.92 Å². The Hall–Kier alpha value is -0.440. The van der Waals surface area contributed by atoms with Crippen LogP contribution in [-0.4, -0.2) is 10.7 Å². The average molecular weight is 144 g/mol. The molecule has 0 radical (unpaired) electrons. The number of rotatable bonds is 3. The third kappa shape index (κ3) is 4.09. The molecule has 3 heteroatoms. The van der Waals surface area contributed by atoms with Gasteiger partial charge in [0.15, 0.2) is 0 Å². The monoisotopic (exact) mass is 144 g/mol. The van der Waals surface area contributed by atoms with E-state index in [2.05, 4.69) is 12.2 Å². The van der Waals surface area contributed by atoms with Crippen molar-refractivity contribution in [3.8, 4) is 0 Å². The molecule has 0 unspecified atom stereocenters. The van der Waals surface area contributed by atoms with Crippen LogP contribution in [0.2, 0.25) is 0 Å². The normalized spacial score (nSPS) is 9.67. The number of hydrogen-bond donors (Lipinski definition) is 2. The maximum Gasteiger partial charge on any atom is 0.0784 e. The Morgan fingerprint density at radius 2 is 2.11 bits per heavy atom. The topological polar surface area (TPSA) is 49.9 Å². The van der Waals surface area contributed by atoms with Gasteiger partial charge in [-0.1, -0.05) is 26.1 Å². The molecule has 0 heterocycles. The van der Waals surface area contributed by atoms with Crippen LogP contribution in [0.15, 0.2) is 0 Å². The highest BCUT2D eigenvalue weighted by Gasteiger charge is 2.02. The first-order valence-electron chi connectivity index (χ1n) is 2.89. The van der Waals surface area contributed by atoms with Crippen LogP contribution in [0.25, 0.3) is 0 Å². The molecule has 0 saturated heterocycles. The Morgan fingerprint density at radius 3 is 2.22 bits per heavy atom. The minimum atomic E-state index is 0.270. The van der Waals surface area contributed by atoms with Crippen LogP contribution in [0.1, 0.15) is 20.3 Å². The zero-order valence-electron chi connectivity index (χ0n) is 5.77. The van der Waals surface area contributed by atoms with Gasteiger partial charge in [0.05, 0.1) is 4.99 Å². The minimum absolute atomic E-state index is 0.270. The van der Waals surface area contributed by atoms with E-state index in [0.717, 1.165) is 0 Å². The highest BCUT2D eigenvalue weighted by atomic mass is 32.1. The molecule has 0 aliphatic heterocycles.